The van der Waals surface area contributed by atoms with Crippen molar-refractivity contribution in [2.24, 2.45) is 5.92 Å². The molecule has 0 unspecified atom stereocenters. The third-order valence-corrected chi connectivity index (χ3v) is 6.35. The van der Waals surface area contributed by atoms with Crippen LogP contribution in [0.5, 0.6) is 0 Å². The maximum atomic E-state index is 11.8. The zero-order valence-electron chi connectivity index (χ0n) is 14.8. The molecule has 136 valence electrons. The molecule has 4 rings (SSSR count). The van der Waals surface area contributed by atoms with Crippen LogP contribution >= 0.6 is 23.2 Å². The molecule has 1 fully saturated rings. The molecular formula is C21H21Cl2NO2. The largest absolute Gasteiger partial charge is 0.465 e. The fourth-order valence-electron chi connectivity index (χ4n) is 4.57. The number of nitrogens with one attached hydrogen (secondary N) is 1. The number of methoxy groups -OCH3 is 1. The Kier molecular flexibility index (Phi) is 4.62. The number of halogens is 2. The van der Waals surface area contributed by atoms with Gasteiger partial charge < -0.3 is 10.1 Å². The highest BCUT2D eigenvalue weighted by Gasteiger charge is 2.41. The fraction of sp³-hybridized carbons (Fsp3) is 0.381. The molecule has 1 heterocycles. The highest BCUT2D eigenvalue weighted by molar-refractivity contribution is 6.36. The molecule has 26 heavy (non-hydrogen) atoms. The summed E-state index contributed by atoms with van der Waals surface area (Å²) in [6.07, 6.45) is 3.53. The molecule has 1 aliphatic carbocycles. The molecular weight excluding hydrogens is 369 g/mol. The normalized spacial score (nSPS) is 23.8. The lowest BCUT2D eigenvalue weighted by atomic mass is 9.77. The third kappa shape index (κ3) is 2.87. The molecule has 0 spiro atoms. The van der Waals surface area contributed by atoms with E-state index < -0.39 is 5.97 Å². The number of fused-ring (bicyclic) bond motifs is 3. The van der Waals surface area contributed by atoms with Crippen LogP contribution < -0.4 is 5.32 Å². The Morgan fingerprint density at radius 3 is 2.58 bits per heavy atom. The van der Waals surface area contributed by atoms with Gasteiger partial charge in [0, 0.05) is 21.3 Å². The summed E-state index contributed by atoms with van der Waals surface area (Å²) in [6, 6.07) is 9.93. The van der Waals surface area contributed by atoms with E-state index in [1.165, 1.54) is 31.1 Å². The summed E-state index contributed by atoms with van der Waals surface area (Å²) >= 11 is 13.2. The van der Waals surface area contributed by atoms with Crippen LogP contribution in [0.4, 0.5) is 5.69 Å². The van der Waals surface area contributed by atoms with Crippen LogP contribution in [0.15, 0.2) is 30.3 Å². The summed E-state index contributed by atoms with van der Waals surface area (Å²) in [6.45, 7) is 2.13. The van der Waals surface area contributed by atoms with Crippen LogP contribution in [-0.4, -0.2) is 13.1 Å². The van der Waals surface area contributed by atoms with Gasteiger partial charge in [-0.1, -0.05) is 47.3 Å². The average molecular weight is 390 g/mol. The summed E-state index contributed by atoms with van der Waals surface area (Å²) in [7, 11) is 1.35. The second-order valence-corrected chi connectivity index (χ2v) is 8.07. The fourth-order valence-corrected chi connectivity index (χ4v) is 5.29. The number of hydrogen-bond donors (Lipinski definition) is 1. The first kappa shape index (κ1) is 17.7. The first-order chi connectivity index (χ1) is 12.5. The van der Waals surface area contributed by atoms with Gasteiger partial charge in [0.1, 0.15) is 0 Å². The van der Waals surface area contributed by atoms with E-state index in [1.54, 1.807) is 12.1 Å². The molecule has 3 atom stereocenters. The summed E-state index contributed by atoms with van der Waals surface area (Å²) in [4.78, 5) is 11.8. The molecule has 1 aliphatic heterocycles. The molecule has 0 aromatic heterocycles. The van der Waals surface area contributed by atoms with E-state index in [0.29, 0.717) is 27.4 Å². The van der Waals surface area contributed by atoms with Crippen molar-refractivity contribution < 1.29 is 9.53 Å². The molecule has 3 nitrogen and oxygen atoms in total. The molecule has 0 bridgehead atoms. The smallest absolute Gasteiger partial charge is 0.337 e. The van der Waals surface area contributed by atoms with Gasteiger partial charge in [0.15, 0.2) is 0 Å². The number of anilines is 1. The lowest BCUT2D eigenvalue weighted by Crippen LogP contribution is -2.29. The Morgan fingerprint density at radius 2 is 1.88 bits per heavy atom. The second kappa shape index (κ2) is 6.79. The van der Waals surface area contributed by atoms with Crippen LogP contribution in [0.25, 0.3) is 0 Å². The van der Waals surface area contributed by atoms with E-state index >= 15 is 0 Å². The molecule has 0 saturated heterocycles. The van der Waals surface area contributed by atoms with Crippen molar-refractivity contribution in [1.29, 1.82) is 0 Å². The van der Waals surface area contributed by atoms with Crippen molar-refractivity contribution in [1.82, 2.24) is 0 Å². The Morgan fingerprint density at radius 1 is 1.15 bits per heavy atom. The Balaban J connectivity index is 1.79. The van der Waals surface area contributed by atoms with Crippen LogP contribution in [0.2, 0.25) is 10.0 Å². The summed E-state index contributed by atoms with van der Waals surface area (Å²) in [5, 5.41) is 4.69. The monoisotopic (exact) mass is 389 g/mol. The van der Waals surface area contributed by atoms with Crippen LogP contribution in [-0.2, 0) is 4.74 Å². The second-order valence-electron chi connectivity index (χ2n) is 7.26. The minimum absolute atomic E-state index is 0.0457. The van der Waals surface area contributed by atoms with E-state index in [9.17, 15) is 4.79 Å². The summed E-state index contributed by atoms with van der Waals surface area (Å²) < 4.78 is 4.79. The quantitative estimate of drug-likeness (QED) is 0.626. The topological polar surface area (TPSA) is 38.3 Å². The number of carbonyl (C=O) groups is 1. The van der Waals surface area contributed by atoms with Gasteiger partial charge >= 0.3 is 5.97 Å². The zero-order chi connectivity index (χ0) is 18.4. The van der Waals surface area contributed by atoms with Crippen LogP contribution in [0.3, 0.4) is 0 Å². The van der Waals surface area contributed by atoms with Gasteiger partial charge in [-0.15, -0.1) is 0 Å². The molecule has 2 aromatic rings. The van der Waals surface area contributed by atoms with E-state index in [4.69, 9.17) is 27.9 Å². The predicted molar refractivity (Wildman–Crippen MR) is 105 cm³/mol. The van der Waals surface area contributed by atoms with Crippen LogP contribution in [0.1, 0.15) is 58.3 Å². The maximum absolute atomic E-state index is 11.8. The van der Waals surface area contributed by atoms with Gasteiger partial charge in [0.2, 0.25) is 0 Å². The van der Waals surface area contributed by atoms with Crippen molar-refractivity contribution in [2.75, 3.05) is 12.4 Å². The van der Waals surface area contributed by atoms with Crippen molar-refractivity contribution in [3.63, 3.8) is 0 Å². The molecule has 0 amide bonds. The molecule has 0 radical (unpaired) electrons. The van der Waals surface area contributed by atoms with Gasteiger partial charge in [-0.2, -0.15) is 0 Å². The molecule has 1 N–H and O–H groups in total. The molecule has 1 saturated carbocycles. The highest BCUT2D eigenvalue weighted by Crippen LogP contribution is 2.54. The molecule has 2 aromatic carbocycles. The van der Waals surface area contributed by atoms with E-state index in [2.05, 4.69) is 30.4 Å². The van der Waals surface area contributed by atoms with Gasteiger partial charge in [-0.3, -0.25) is 0 Å². The molecule has 5 heteroatoms. The van der Waals surface area contributed by atoms with Crippen molar-refractivity contribution >= 4 is 34.9 Å². The lowest BCUT2D eigenvalue weighted by molar-refractivity contribution is 0.0600. The summed E-state index contributed by atoms with van der Waals surface area (Å²) in [5.74, 6) is 0.531. The van der Waals surface area contributed by atoms with Crippen molar-refractivity contribution in [2.45, 2.75) is 38.1 Å². The van der Waals surface area contributed by atoms with E-state index in [0.717, 1.165) is 17.7 Å². The number of benzene rings is 2. The van der Waals surface area contributed by atoms with Gasteiger partial charge in [-0.05, 0) is 55.4 Å². The SMILES string of the molecule is COC(=O)c1cc(Cl)c([C@H]2Nc3ccc(C)cc3[C@@H]3CCC[C@H]23)c(Cl)c1. The van der Waals surface area contributed by atoms with E-state index in [1.807, 2.05) is 0 Å². The Bertz CT molecular complexity index is 857. The minimum Gasteiger partial charge on any atom is -0.465 e. The van der Waals surface area contributed by atoms with Crippen molar-refractivity contribution in [3.05, 3.63) is 62.6 Å². The number of aryl methyl sites for hydroxylation is 1. The van der Waals surface area contributed by atoms with Crippen molar-refractivity contribution in [3.8, 4) is 0 Å². The van der Waals surface area contributed by atoms with E-state index in [-0.39, 0.29) is 6.04 Å². The van der Waals surface area contributed by atoms with Gasteiger partial charge in [0.25, 0.3) is 0 Å². The van der Waals surface area contributed by atoms with Gasteiger partial charge in [0.05, 0.1) is 18.7 Å². The summed E-state index contributed by atoms with van der Waals surface area (Å²) in [5.41, 5.74) is 5.11. The average Bonchev–Trinajstić information content (AvgIpc) is 3.11. The standard InChI is InChI=1S/C21H21Cl2NO2/c1-11-6-7-18-15(8-11)13-4-3-5-14(13)20(24-18)19-16(22)9-12(10-17(19)23)21(25)26-2/h6-10,13-14,20,24H,3-5H2,1-2H3/t13-,14+,20+/m1/s1. The minimum atomic E-state index is -0.434. The number of ether oxygens (including phenoxy) is 1. The Hall–Kier alpha value is -1.71. The van der Waals surface area contributed by atoms with Crippen LogP contribution in [0, 0.1) is 12.8 Å². The number of rotatable bonds is 2. The number of hydrogen-bond acceptors (Lipinski definition) is 3. The number of esters is 1. The zero-order valence-corrected chi connectivity index (χ0v) is 16.3. The third-order valence-electron chi connectivity index (χ3n) is 5.73. The first-order valence-electron chi connectivity index (χ1n) is 8.94. The number of carbonyl (C=O) groups excluding carboxylic acids is 1. The lowest BCUT2D eigenvalue weighted by Gasteiger charge is -2.38. The maximum Gasteiger partial charge on any atom is 0.337 e. The highest BCUT2D eigenvalue weighted by atomic mass is 35.5. The Labute approximate surface area is 163 Å². The van der Waals surface area contributed by atoms with Gasteiger partial charge in [-0.25, -0.2) is 4.79 Å². The predicted octanol–water partition coefficient (Wildman–Crippen LogP) is 6.14. The molecule has 2 aliphatic rings. The first-order valence-corrected chi connectivity index (χ1v) is 9.69.